The lowest BCUT2D eigenvalue weighted by atomic mass is 9.90. The number of carbonyl (C=O) groups is 1. The third kappa shape index (κ3) is 4.29. The van der Waals surface area contributed by atoms with Crippen LogP contribution >= 0.6 is 0 Å². The molecule has 3 aromatic rings. The summed E-state index contributed by atoms with van der Waals surface area (Å²) in [6.07, 6.45) is 2.99. The van der Waals surface area contributed by atoms with Gasteiger partial charge in [-0.15, -0.1) is 0 Å². The zero-order chi connectivity index (χ0) is 19.2. The molecule has 0 atom stereocenters. The monoisotopic (exact) mass is 370 g/mol. The number of hydrogen-bond donors (Lipinski definition) is 1. The summed E-state index contributed by atoms with van der Waals surface area (Å²) in [5.74, 6) is 0.396. The second-order valence-electron chi connectivity index (χ2n) is 6.78. The minimum atomic E-state index is -0.261. The van der Waals surface area contributed by atoms with Gasteiger partial charge >= 0.3 is 0 Å². The number of carbonyl (C=O) groups excluding carboxylic acids is 1. The summed E-state index contributed by atoms with van der Waals surface area (Å²) in [5.41, 5.74) is 8.24. The Hall–Kier alpha value is -3.40. The van der Waals surface area contributed by atoms with Gasteiger partial charge in [-0.1, -0.05) is 66.7 Å². The van der Waals surface area contributed by atoms with E-state index in [1.807, 2.05) is 54.6 Å². The fourth-order valence-electron chi connectivity index (χ4n) is 3.40. The van der Waals surface area contributed by atoms with Crippen LogP contribution in [0.15, 0.2) is 84.0 Å². The van der Waals surface area contributed by atoms with Crippen molar-refractivity contribution in [3.8, 4) is 16.9 Å². The molecule has 1 aliphatic carbocycles. The third-order valence-corrected chi connectivity index (χ3v) is 4.83. The Bertz CT molecular complexity index is 979. The lowest BCUT2D eigenvalue weighted by Crippen LogP contribution is -2.26. The number of amides is 1. The lowest BCUT2D eigenvalue weighted by Gasteiger charge is -2.17. The molecule has 4 nitrogen and oxygen atoms in total. The molecule has 4 heteroatoms. The molecule has 0 unspecified atom stereocenters. The Morgan fingerprint density at radius 2 is 1.57 bits per heavy atom. The van der Waals surface area contributed by atoms with Crippen molar-refractivity contribution in [2.45, 2.75) is 19.3 Å². The summed E-state index contributed by atoms with van der Waals surface area (Å²) in [5, 5.41) is 4.33. The van der Waals surface area contributed by atoms with Gasteiger partial charge in [0.25, 0.3) is 5.91 Å². The van der Waals surface area contributed by atoms with Crippen molar-refractivity contribution >= 4 is 11.6 Å². The Balaban J connectivity index is 1.33. The highest BCUT2D eigenvalue weighted by Crippen LogP contribution is 2.22. The van der Waals surface area contributed by atoms with Crippen LogP contribution in [0.5, 0.6) is 5.75 Å². The average Bonchev–Trinajstić information content (AvgIpc) is 2.77. The van der Waals surface area contributed by atoms with Gasteiger partial charge in [0.1, 0.15) is 5.75 Å². The summed E-state index contributed by atoms with van der Waals surface area (Å²) in [6, 6.07) is 26.1. The van der Waals surface area contributed by atoms with Crippen LogP contribution in [-0.4, -0.2) is 18.2 Å². The largest absolute Gasteiger partial charge is 0.484 e. The molecule has 1 N–H and O–H groups in total. The van der Waals surface area contributed by atoms with Gasteiger partial charge in [-0.3, -0.25) is 4.79 Å². The molecule has 1 amide bonds. The summed E-state index contributed by atoms with van der Waals surface area (Å²) in [7, 11) is 0. The second-order valence-corrected chi connectivity index (χ2v) is 6.78. The van der Waals surface area contributed by atoms with E-state index >= 15 is 0 Å². The molecule has 1 aliphatic rings. The molecular weight excluding hydrogens is 348 g/mol. The van der Waals surface area contributed by atoms with Gasteiger partial charge in [-0.25, -0.2) is 5.43 Å². The Labute approximate surface area is 164 Å². The molecule has 0 aromatic heterocycles. The first-order valence-electron chi connectivity index (χ1n) is 9.51. The Morgan fingerprint density at radius 1 is 0.857 bits per heavy atom. The van der Waals surface area contributed by atoms with Gasteiger partial charge in [0.2, 0.25) is 0 Å². The van der Waals surface area contributed by atoms with Gasteiger partial charge in [-0.05, 0) is 48.1 Å². The number of nitrogens with zero attached hydrogens (tertiary/aromatic N) is 1. The molecule has 0 heterocycles. The SMILES string of the molecule is O=C(COc1ccc(-c2ccccc2)cc1)N/N=C1\CCCc2ccccc21. The van der Waals surface area contributed by atoms with Gasteiger partial charge in [0.15, 0.2) is 6.61 Å². The van der Waals surface area contributed by atoms with E-state index in [0.29, 0.717) is 5.75 Å². The van der Waals surface area contributed by atoms with Crippen molar-refractivity contribution in [2.24, 2.45) is 5.10 Å². The van der Waals surface area contributed by atoms with E-state index in [2.05, 4.69) is 34.8 Å². The molecule has 0 radical (unpaired) electrons. The summed E-state index contributed by atoms with van der Waals surface area (Å²) >= 11 is 0. The van der Waals surface area contributed by atoms with Crippen molar-refractivity contribution in [1.82, 2.24) is 5.43 Å². The number of ether oxygens (including phenoxy) is 1. The Kier molecular flexibility index (Phi) is 5.48. The van der Waals surface area contributed by atoms with Crippen LogP contribution in [0.3, 0.4) is 0 Å². The predicted octanol–water partition coefficient (Wildman–Crippen LogP) is 4.59. The van der Waals surface area contributed by atoms with Crippen molar-refractivity contribution in [1.29, 1.82) is 0 Å². The molecule has 140 valence electrons. The van der Waals surface area contributed by atoms with Crippen LogP contribution in [0, 0.1) is 0 Å². The number of rotatable bonds is 5. The lowest BCUT2D eigenvalue weighted by molar-refractivity contribution is -0.123. The summed E-state index contributed by atoms with van der Waals surface area (Å²) in [4.78, 5) is 12.1. The van der Waals surface area contributed by atoms with Crippen LogP contribution in [0.1, 0.15) is 24.0 Å². The van der Waals surface area contributed by atoms with Gasteiger partial charge < -0.3 is 4.74 Å². The van der Waals surface area contributed by atoms with E-state index in [4.69, 9.17) is 4.74 Å². The van der Waals surface area contributed by atoms with Crippen LogP contribution in [0.4, 0.5) is 0 Å². The first-order valence-corrected chi connectivity index (χ1v) is 9.51. The fourth-order valence-corrected chi connectivity index (χ4v) is 3.40. The van der Waals surface area contributed by atoms with E-state index in [1.165, 1.54) is 5.56 Å². The smallest absolute Gasteiger partial charge is 0.277 e. The van der Waals surface area contributed by atoms with Crippen LogP contribution < -0.4 is 10.2 Å². The molecule has 3 aromatic carbocycles. The highest BCUT2D eigenvalue weighted by molar-refractivity contribution is 6.03. The molecule has 0 spiro atoms. The predicted molar refractivity (Wildman–Crippen MR) is 111 cm³/mol. The van der Waals surface area contributed by atoms with Gasteiger partial charge in [0.05, 0.1) is 5.71 Å². The van der Waals surface area contributed by atoms with Crippen molar-refractivity contribution < 1.29 is 9.53 Å². The second kappa shape index (κ2) is 8.53. The summed E-state index contributed by atoms with van der Waals surface area (Å²) in [6.45, 7) is -0.0664. The standard InChI is InChI=1S/C24H22N2O2/c27-24(26-25-23-12-6-10-20-9-4-5-11-22(20)23)17-28-21-15-13-19(14-16-21)18-7-2-1-3-8-18/h1-5,7-9,11,13-16H,6,10,12,17H2,(H,26,27)/b25-23+. The van der Waals surface area contributed by atoms with Gasteiger partial charge in [0, 0.05) is 5.56 Å². The number of hydrazone groups is 1. The van der Waals surface area contributed by atoms with Crippen LogP contribution in [0.2, 0.25) is 0 Å². The summed E-state index contributed by atoms with van der Waals surface area (Å²) < 4.78 is 5.59. The maximum Gasteiger partial charge on any atom is 0.277 e. The molecule has 0 saturated carbocycles. The van der Waals surface area contributed by atoms with Crippen molar-refractivity contribution in [3.05, 3.63) is 90.0 Å². The molecule has 0 saturated heterocycles. The Morgan fingerprint density at radius 3 is 2.39 bits per heavy atom. The number of fused-ring (bicyclic) bond motifs is 1. The van der Waals surface area contributed by atoms with E-state index < -0.39 is 0 Å². The zero-order valence-corrected chi connectivity index (χ0v) is 15.6. The molecule has 28 heavy (non-hydrogen) atoms. The van der Waals surface area contributed by atoms with Crippen LogP contribution in [0.25, 0.3) is 11.1 Å². The van der Waals surface area contributed by atoms with Gasteiger partial charge in [-0.2, -0.15) is 5.10 Å². The minimum absolute atomic E-state index is 0.0664. The normalized spacial score (nSPS) is 14.4. The number of benzene rings is 3. The minimum Gasteiger partial charge on any atom is -0.484 e. The molecular formula is C24H22N2O2. The topological polar surface area (TPSA) is 50.7 Å². The van der Waals surface area contributed by atoms with Crippen molar-refractivity contribution in [2.75, 3.05) is 6.61 Å². The fraction of sp³-hybridized carbons (Fsp3) is 0.167. The average molecular weight is 370 g/mol. The maximum atomic E-state index is 12.1. The van der Waals surface area contributed by atoms with E-state index in [-0.39, 0.29) is 12.5 Å². The van der Waals surface area contributed by atoms with E-state index in [0.717, 1.165) is 41.7 Å². The highest BCUT2D eigenvalue weighted by atomic mass is 16.5. The quantitative estimate of drug-likeness (QED) is 0.668. The highest BCUT2D eigenvalue weighted by Gasteiger charge is 2.15. The molecule has 0 fully saturated rings. The maximum absolute atomic E-state index is 12.1. The molecule has 0 bridgehead atoms. The van der Waals surface area contributed by atoms with E-state index in [9.17, 15) is 4.79 Å². The van der Waals surface area contributed by atoms with Crippen molar-refractivity contribution in [3.63, 3.8) is 0 Å². The first-order chi connectivity index (χ1) is 13.8. The third-order valence-electron chi connectivity index (χ3n) is 4.83. The molecule has 4 rings (SSSR count). The number of nitrogens with one attached hydrogen (secondary N) is 1. The van der Waals surface area contributed by atoms with Crippen LogP contribution in [-0.2, 0) is 11.2 Å². The first kappa shape index (κ1) is 18.0. The molecule has 0 aliphatic heterocycles. The number of aryl methyl sites for hydroxylation is 1. The zero-order valence-electron chi connectivity index (χ0n) is 15.6. The number of hydrogen-bond acceptors (Lipinski definition) is 3. The van der Waals surface area contributed by atoms with E-state index in [1.54, 1.807) is 0 Å².